The molecule has 5 aromatic rings. The van der Waals surface area contributed by atoms with Gasteiger partial charge in [0.05, 0.1) is 54.8 Å². The largest absolute Gasteiger partial charge is 0.453 e. The Kier molecular flexibility index (Phi) is 8.50. The fourth-order valence-electron chi connectivity index (χ4n) is 7.11. The van der Waals surface area contributed by atoms with Gasteiger partial charge in [0.25, 0.3) is 0 Å². The second-order valence-electron chi connectivity index (χ2n) is 12.4. The first-order valence-corrected chi connectivity index (χ1v) is 16.0. The van der Waals surface area contributed by atoms with Crippen LogP contribution >= 0.6 is 12.4 Å². The lowest BCUT2D eigenvalue weighted by Crippen LogP contribution is -2.48. The number of H-pyrrole nitrogens is 2. The Morgan fingerprint density at radius 1 is 0.896 bits per heavy atom. The normalized spacial score (nSPS) is 21.4. The van der Waals surface area contributed by atoms with E-state index in [1.807, 2.05) is 23.4 Å². The highest BCUT2D eigenvalue weighted by molar-refractivity contribution is 6.02. The van der Waals surface area contributed by atoms with Gasteiger partial charge >= 0.3 is 6.09 Å². The molecule has 48 heavy (non-hydrogen) atoms. The zero-order valence-corrected chi connectivity index (χ0v) is 27.1. The van der Waals surface area contributed by atoms with Crippen LogP contribution in [0, 0.1) is 0 Å². The maximum absolute atomic E-state index is 13.8. The first-order chi connectivity index (χ1) is 22.9. The predicted molar refractivity (Wildman–Crippen MR) is 184 cm³/mol. The highest BCUT2D eigenvalue weighted by Gasteiger charge is 2.43. The average Bonchev–Trinajstić information content (AvgIpc) is 3.91. The van der Waals surface area contributed by atoms with Crippen LogP contribution in [-0.2, 0) is 22.4 Å². The molecule has 2 aromatic heterocycles. The number of nitrogens with zero attached hydrogens (tertiary/aromatic N) is 3. The Bertz CT molecular complexity index is 1960. The molecule has 12 heteroatoms. The van der Waals surface area contributed by atoms with E-state index < -0.39 is 12.1 Å². The molecule has 4 atom stereocenters. The van der Waals surface area contributed by atoms with Gasteiger partial charge in [-0.3, -0.25) is 9.69 Å². The number of para-hydroxylation sites is 1. The Morgan fingerprint density at radius 3 is 2.12 bits per heavy atom. The number of aryl methyl sites for hydroxylation is 1. The molecule has 0 bridgehead atoms. The van der Waals surface area contributed by atoms with Crippen LogP contribution in [0.5, 0.6) is 0 Å². The lowest BCUT2D eigenvalue weighted by atomic mass is 10.0. The van der Waals surface area contributed by atoms with Crippen molar-refractivity contribution in [2.24, 2.45) is 0 Å². The number of carbonyl (C=O) groups excluding carboxylic acids is 2. The summed E-state index contributed by atoms with van der Waals surface area (Å²) in [5.74, 6) is 1.39. The van der Waals surface area contributed by atoms with Gasteiger partial charge in [0, 0.05) is 13.0 Å². The van der Waals surface area contributed by atoms with Crippen LogP contribution in [0.4, 0.5) is 10.5 Å². The minimum Gasteiger partial charge on any atom is -0.453 e. The van der Waals surface area contributed by atoms with Crippen LogP contribution in [0.1, 0.15) is 47.7 Å². The minimum absolute atomic E-state index is 0. The maximum Gasteiger partial charge on any atom is 0.407 e. The van der Waals surface area contributed by atoms with Gasteiger partial charge in [-0.05, 0) is 52.6 Å². The van der Waals surface area contributed by atoms with Crippen molar-refractivity contribution in [3.8, 4) is 33.6 Å². The minimum atomic E-state index is -0.680. The first-order valence-electron chi connectivity index (χ1n) is 16.0. The van der Waals surface area contributed by atoms with Crippen LogP contribution in [0.15, 0.2) is 79.1 Å². The van der Waals surface area contributed by atoms with Crippen molar-refractivity contribution < 1.29 is 19.4 Å². The number of anilines is 1. The molecule has 3 aliphatic heterocycles. The fourth-order valence-corrected chi connectivity index (χ4v) is 7.11. The van der Waals surface area contributed by atoms with Crippen LogP contribution < -0.4 is 15.5 Å². The second kappa shape index (κ2) is 12.9. The molecule has 0 radical (unpaired) electrons. The van der Waals surface area contributed by atoms with Gasteiger partial charge in [-0.15, -0.1) is 12.4 Å². The van der Waals surface area contributed by atoms with Crippen molar-refractivity contribution in [1.82, 2.24) is 30.6 Å². The topological polar surface area (TPSA) is 148 Å². The van der Waals surface area contributed by atoms with Gasteiger partial charge in [-0.2, -0.15) is 0 Å². The molecular formula is C36H36ClN7O4. The van der Waals surface area contributed by atoms with Crippen molar-refractivity contribution in [3.63, 3.8) is 0 Å². The van der Waals surface area contributed by atoms with Crippen molar-refractivity contribution >= 4 is 30.1 Å². The summed E-state index contributed by atoms with van der Waals surface area (Å²) in [7, 11) is 1.30. The summed E-state index contributed by atoms with van der Waals surface area (Å²) in [6.45, 7) is 0.587. The molecule has 3 aromatic carbocycles. The number of aliphatic hydroxyl groups is 1. The smallest absolute Gasteiger partial charge is 0.407 e. The average molecular weight is 666 g/mol. The number of β-amino-alcohol motifs (C(OH)–C–C–N with tert-alkyl or cyclic N) is 1. The summed E-state index contributed by atoms with van der Waals surface area (Å²) in [6.07, 6.45) is 5.19. The predicted octanol–water partition coefficient (Wildman–Crippen LogP) is 5.25. The number of amides is 2. The zero-order chi connectivity index (χ0) is 32.1. The van der Waals surface area contributed by atoms with Crippen LogP contribution in [-0.4, -0.2) is 62.8 Å². The van der Waals surface area contributed by atoms with Crippen LogP contribution in [0.2, 0.25) is 0 Å². The molecule has 0 unspecified atom stereocenters. The molecule has 5 heterocycles. The number of halogens is 1. The maximum atomic E-state index is 13.8. The van der Waals surface area contributed by atoms with E-state index in [1.165, 1.54) is 7.11 Å². The van der Waals surface area contributed by atoms with Gasteiger partial charge in [0.15, 0.2) is 0 Å². The molecule has 1 saturated heterocycles. The van der Waals surface area contributed by atoms with Gasteiger partial charge in [-0.1, -0.05) is 66.7 Å². The van der Waals surface area contributed by atoms with E-state index in [-0.39, 0.29) is 36.5 Å². The number of rotatable bonds is 6. The number of aliphatic hydroxyl groups excluding tert-OH is 1. The van der Waals surface area contributed by atoms with Gasteiger partial charge in [-0.25, -0.2) is 14.8 Å². The molecule has 0 aliphatic carbocycles. The Hall–Kier alpha value is -4.97. The molecule has 11 nitrogen and oxygen atoms in total. The number of aromatic nitrogens is 4. The number of imidazole rings is 2. The Morgan fingerprint density at radius 2 is 1.50 bits per heavy atom. The summed E-state index contributed by atoms with van der Waals surface area (Å²) >= 11 is 0. The standard InChI is InChI=1S/C36H35N7O4.ClH/c1-47-36(46)42-27-14-13-24-3-2-4-25-15-31(43(32(24)25)35(27)45)34-39-19-30(41-34)23-11-7-21(8-12-23)20-5-9-22(10-6-20)29-18-38-33(40-29)28-16-26(44)17-37-28;/h2-12,18-19,26-28,31,37,44H,13-17H2,1H3,(H,38,40)(H,39,41)(H,42,46);1H/t26-,27-,28-,31-;/m0./s1. The third kappa shape index (κ3) is 5.74. The van der Waals surface area contributed by atoms with Crippen molar-refractivity contribution in [1.29, 1.82) is 0 Å². The van der Waals surface area contributed by atoms with E-state index >= 15 is 0 Å². The first kappa shape index (κ1) is 31.6. The lowest BCUT2D eigenvalue weighted by Gasteiger charge is -2.27. The van der Waals surface area contributed by atoms with E-state index in [9.17, 15) is 14.7 Å². The van der Waals surface area contributed by atoms with E-state index in [4.69, 9.17) is 9.72 Å². The molecular weight excluding hydrogens is 630 g/mol. The van der Waals surface area contributed by atoms with Crippen molar-refractivity contribution in [3.05, 3.63) is 102 Å². The summed E-state index contributed by atoms with van der Waals surface area (Å²) in [6, 6.07) is 21.9. The number of aromatic amines is 2. The number of benzene rings is 3. The molecule has 246 valence electrons. The third-order valence-corrected chi connectivity index (χ3v) is 9.55. The quantitative estimate of drug-likeness (QED) is 0.166. The lowest BCUT2D eigenvalue weighted by molar-refractivity contribution is -0.121. The summed E-state index contributed by atoms with van der Waals surface area (Å²) in [4.78, 5) is 43.8. The summed E-state index contributed by atoms with van der Waals surface area (Å²) in [5, 5.41) is 15.9. The van der Waals surface area contributed by atoms with E-state index in [0.717, 1.165) is 56.3 Å². The number of carbonyl (C=O) groups is 2. The highest BCUT2D eigenvalue weighted by Crippen LogP contribution is 2.44. The van der Waals surface area contributed by atoms with Gasteiger partial charge < -0.3 is 30.4 Å². The van der Waals surface area contributed by atoms with E-state index in [0.29, 0.717) is 38.1 Å². The number of ether oxygens (including phenoxy) is 1. The van der Waals surface area contributed by atoms with Gasteiger partial charge in [0.2, 0.25) is 5.91 Å². The zero-order valence-electron chi connectivity index (χ0n) is 26.3. The molecule has 3 aliphatic rings. The van der Waals surface area contributed by atoms with Crippen LogP contribution in [0.3, 0.4) is 0 Å². The SMILES string of the molecule is COC(=O)N[C@H]1CCc2cccc3c2N(C1=O)[C@H](c1ncc(-c2ccc(-c4ccc(-c5cnc([C@@H]6C[C@H](O)CN6)[nH]5)cc4)cc2)[nH]1)C3.Cl. The number of alkyl carbamates (subject to hydrolysis) is 1. The summed E-state index contributed by atoms with van der Waals surface area (Å²) in [5.41, 5.74) is 9.16. The molecule has 0 saturated carbocycles. The molecule has 2 amide bonds. The number of methoxy groups -OCH3 is 1. The molecule has 8 rings (SSSR count). The van der Waals surface area contributed by atoms with E-state index in [1.54, 1.807) is 0 Å². The number of hydrogen-bond donors (Lipinski definition) is 5. The molecule has 1 fully saturated rings. The molecule has 5 N–H and O–H groups in total. The fraction of sp³-hybridized carbons (Fsp3) is 0.278. The second-order valence-corrected chi connectivity index (χ2v) is 12.4. The summed E-state index contributed by atoms with van der Waals surface area (Å²) < 4.78 is 4.79. The monoisotopic (exact) mass is 665 g/mol. The van der Waals surface area contributed by atoms with Gasteiger partial charge in [0.1, 0.15) is 17.7 Å². The van der Waals surface area contributed by atoms with Crippen molar-refractivity contribution in [2.75, 3.05) is 18.6 Å². The number of hydrogen-bond acceptors (Lipinski definition) is 7. The van der Waals surface area contributed by atoms with Crippen molar-refractivity contribution in [2.45, 2.75) is 49.9 Å². The highest BCUT2D eigenvalue weighted by atomic mass is 35.5. The molecule has 0 spiro atoms. The Balaban J connectivity index is 0.00000364. The number of nitrogens with one attached hydrogen (secondary N) is 4. The van der Waals surface area contributed by atoms with E-state index in [2.05, 4.69) is 86.2 Å². The Labute approximate surface area is 283 Å². The third-order valence-electron chi connectivity index (χ3n) is 9.55. The van der Waals surface area contributed by atoms with Crippen LogP contribution in [0.25, 0.3) is 33.6 Å².